The van der Waals surface area contributed by atoms with Crippen LogP contribution >= 0.6 is 0 Å². The minimum Gasteiger partial charge on any atom is -0.313 e. The summed E-state index contributed by atoms with van der Waals surface area (Å²) >= 11 is 0. The first kappa shape index (κ1) is 10.1. The summed E-state index contributed by atoms with van der Waals surface area (Å²) in [6, 6.07) is 0.848. The van der Waals surface area contributed by atoms with Crippen LogP contribution in [0.3, 0.4) is 0 Å². The Morgan fingerprint density at radius 1 is 1.20 bits per heavy atom. The van der Waals surface area contributed by atoms with Gasteiger partial charge in [-0.15, -0.1) is 0 Å². The molecule has 0 radical (unpaired) electrons. The Morgan fingerprint density at radius 3 is 2.33 bits per heavy atom. The van der Waals surface area contributed by atoms with Gasteiger partial charge in [-0.1, -0.05) is 13.3 Å². The van der Waals surface area contributed by atoms with Crippen LogP contribution in [0, 0.1) is 17.3 Å². The SMILES string of the molecule is CCC(NCC1(C2CC2)CCC1)C1CC1. The molecular weight excluding hydrogens is 182 g/mol. The number of rotatable bonds is 6. The van der Waals surface area contributed by atoms with Gasteiger partial charge in [-0.2, -0.15) is 0 Å². The average Bonchev–Trinajstić information content (AvgIpc) is 3.00. The summed E-state index contributed by atoms with van der Waals surface area (Å²) in [5.74, 6) is 2.14. The highest BCUT2D eigenvalue weighted by Gasteiger charge is 2.49. The molecule has 3 rings (SSSR count). The predicted molar refractivity (Wildman–Crippen MR) is 63.8 cm³/mol. The Bertz CT molecular complexity index is 223. The van der Waals surface area contributed by atoms with Crippen LogP contribution in [0.15, 0.2) is 0 Å². The lowest BCUT2D eigenvalue weighted by Crippen LogP contribution is -2.45. The third-order valence-electron chi connectivity index (χ3n) is 5.14. The van der Waals surface area contributed by atoms with Crippen molar-refractivity contribution >= 4 is 0 Å². The quantitative estimate of drug-likeness (QED) is 0.704. The molecule has 0 aromatic carbocycles. The molecular formula is C14H25N. The van der Waals surface area contributed by atoms with Crippen LogP contribution in [0.2, 0.25) is 0 Å². The lowest BCUT2D eigenvalue weighted by Gasteiger charge is -2.43. The first-order chi connectivity index (χ1) is 7.34. The monoisotopic (exact) mass is 207 g/mol. The maximum Gasteiger partial charge on any atom is 0.00929 e. The minimum absolute atomic E-state index is 0.766. The summed E-state index contributed by atoms with van der Waals surface area (Å²) in [5.41, 5.74) is 0.766. The molecule has 0 aromatic heterocycles. The summed E-state index contributed by atoms with van der Waals surface area (Å²) in [4.78, 5) is 0. The Morgan fingerprint density at radius 2 is 1.93 bits per heavy atom. The fourth-order valence-corrected chi connectivity index (χ4v) is 3.53. The lowest BCUT2D eigenvalue weighted by molar-refractivity contribution is 0.0928. The van der Waals surface area contributed by atoms with E-state index in [9.17, 15) is 0 Å². The van der Waals surface area contributed by atoms with Crippen molar-refractivity contribution in [1.82, 2.24) is 5.32 Å². The van der Waals surface area contributed by atoms with Gasteiger partial charge < -0.3 is 5.32 Å². The molecule has 1 atom stereocenters. The molecule has 0 spiro atoms. The van der Waals surface area contributed by atoms with Crippen molar-refractivity contribution in [3.05, 3.63) is 0 Å². The van der Waals surface area contributed by atoms with E-state index in [-0.39, 0.29) is 0 Å². The van der Waals surface area contributed by atoms with E-state index in [0.717, 1.165) is 23.3 Å². The van der Waals surface area contributed by atoms with Gasteiger partial charge in [0.2, 0.25) is 0 Å². The van der Waals surface area contributed by atoms with E-state index in [0.29, 0.717) is 0 Å². The summed E-state index contributed by atoms with van der Waals surface area (Å²) in [6.45, 7) is 3.69. The molecule has 0 aliphatic heterocycles. The molecule has 1 unspecified atom stereocenters. The smallest absolute Gasteiger partial charge is 0.00929 e. The number of hydrogen-bond acceptors (Lipinski definition) is 1. The lowest BCUT2D eigenvalue weighted by atomic mass is 9.65. The highest BCUT2D eigenvalue weighted by atomic mass is 14.9. The minimum atomic E-state index is 0.766. The van der Waals surface area contributed by atoms with E-state index < -0.39 is 0 Å². The van der Waals surface area contributed by atoms with Crippen LogP contribution in [-0.2, 0) is 0 Å². The fraction of sp³-hybridized carbons (Fsp3) is 1.00. The van der Waals surface area contributed by atoms with Gasteiger partial charge in [0.25, 0.3) is 0 Å². The Balaban J connectivity index is 1.50. The highest BCUT2D eigenvalue weighted by Crippen LogP contribution is 2.56. The van der Waals surface area contributed by atoms with Gasteiger partial charge in [-0.25, -0.2) is 0 Å². The molecule has 1 N–H and O–H groups in total. The van der Waals surface area contributed by atoms with Crippen LogP contribution in [0.1, 0.15) is 58.3 Å². The molecule has 0 saturated heterocycles. The first-order valence-electron chi connectivity index (χ1n) is 7.07. The standard InChI is InChI=1S/C14H25N/c1-2-13(11-4-5-11)15-10-14(8-3-9-14)12-6-7-12/h11-13,15H,2-10H2,1H3. The zero-order valence-corrected chi connectivity index (χ0v) is 10.1. The summed E-state index contributed by atoms with van der Waals surface area (Å²) < 4.78 is 0. The van der Waals surface area contributed by atoms with Crippen molar-refractivity contribution in [3.63, 3.8) is 0 Å². The molecule has 86 valence electrons. The Kier molecular flexibility index (Phi) is 2.54. The van der Waals surface area contributed by atoms with Crippen molar-refractivity contribution in [3.8, 4) is 0 Å². The van der Waals surface area contributed by atoms with E-state index >= 15 is 0 Å². The van der Waals surface area contributed by atoms with E-state index in [1.807, 2.05) is 0 Å². The fourth-order valence-electron chi connectivity index (χ4n) is 3.53. The molecule has 3 fully saturated rings. The van der Waals surface area contributed by atoms with Gasteiger partial charge in [0, 0.05) is 12.6 Å². The second-order valence-electron chi connectivity index (χ2n) is 6.22. The third kappa shape index (κ3) is 1.95. The van der Waals surface area contributed by atoms with Crippen molar-refractivity contribution in [2.24, 2.45) is 17.3 Å². The highest BCUT2D eigenvalue weighted by molar-refractivity contribution is 5.01. The average molecular weight is 207 g/mol. The van der Waals surface area contributed by atoms with Crippen LogP contribution < -0.4 is 5.32 Å². The molecule has 3 aliphatic carbocycles. The molecule has 0 heterocycles. The van der Waals surface area contributed by atoms with Gasteiger partial charge >= 0.3 is 0 Å². The van der Waals surface area contributed by atoms with E-state index in [1.165, 1.54) is 57.9 Å². The number of nitrogens with one attached hydrogen (secondary N) is 1. The molecule has 0 aromatic rings. The molecule has 3 saturated carbocycles. The molecule has 1 nitrogen and oxygen atoms in total. The maximum atomic E-state index is 3.90. The normalized spacial score (nSPS) is 31.0. The zero-order valence-electron chi connectivity index (χ0n) is 10.1. The van der Waals surface area contributed by atoms with Crippen molar-refractivity contribution in [1.29, 1.82) is 0 Å². The largest absolute Gasteiger partial charge is 0.313 e. The van der Waals surface area contributed by atoms with Crippen molar-refractivity contribution in [2.75, 3.05) is 6.54 Å². The van der Waals surface area contributed by atoms with Gasteiger partial charge in [0.15, 0.2) is 0 Å². The first-order valence-corrected chi connectivity index (χ1v) is 7.07. The second kappa shape index (κ2) is 3.76. The summed E-state index contributed by atoms with van der Waals surface area (Å²) in [6.07, 6.45) is 11.9. The summed E-state index contributed by atoms with van der Waals surface area (Å²) in [5, 5.41) is 3.90. The Labute approximate surface area is 94.0 Å². The molecule has 0 bridgehead atoms. The van der Waals surface area contributed by atoms with Gasteiger partial charge in [-0.3, -0.25) is 0 Å². The van der Waals surface area contributed by atoms with E-state index in [2.05, 4.69) is 12.2 Å². The van der Waals surface area contributed by atoms with E-state index in [4.69, 9.17) is 0 Å². The second-order valence-corrected chi connectivity index (χ2v) is 6.22. The van der Waals surface area contributed by atoms with Crippen LogP contribution in [0.4, 0.5) is 0 Å². The molecule has 3 aliphatic rings. The zero-order chi connectivity index (χ0) is 10.3. The maximum absolute atomic E-state index is 3.90. The van der Waals surface area contributed by atoms with Crippen LogP contribution in [0.5, 0.6) is 0 Å². The molecule has 0 amide bonds. The van der Waals surface area contributed by atoms with Gasteiger partial charge in [-0.05, 0) is 62.2 Å². The van der Waals surface area contributed by atoms with Gasteiger partial charge in [0.05, 0.1) is 0 Å². The van der Waals surface area contributed by atoms with Gasteiger partial charge in [0.1, 0.15) is 0 Å². The Hall–Kier alpha value is -0.0400. The molecule has 15 heavy (non-hydrogen) atoms. The topological polar surface area (TPSA) is 12.0 Å². The predicted octanol–water partition coefficient (Wildman–Crippen LogP) is 3.34. The van der Waals surface area contributed by atoms with Crippen molar-refractivity contribution in [2.45, 2.75) is 64.3 Å². The number of hydrogen-bond donors (Lipinski definition) is 1. The van der Waals surface area contributed by atoms with Crippen LogP contribution in [0.25, 0.3) is 0 Å². The summed E-state index contributed by atoms with van der Waals surface area (Å²) in [7, 11) is 0. The van der Waals surface area contributed by atoms with Crippen molar-refractivity contribution < 1.29 is 0 Å². The van der Waals surface area contributed by atoms with Crippen LogP contribution in [-0.4, -0.2) is 12.6 Å². The van der Waals surface area contributed by atoms with E-state index in [1.54, 1.807) is 0 Å². The molecule has 1 heteroatoms. The third-order valence-corrected chi connectivity index (χ3v) is 5.14.